The SMILES string of the molecule is Cc1noc(C)c1S(=O)(=O)N1CCC(C(=O)Nc2ccc(F)c(NC(=O)OC(C)(C)C)c2)CC1. The van der Waals surface area contributed by atoms with Gasteiger partial charge in [0, 0.05) is 24.7 Å². The Morgan fingerprint density at radius 1 is 1.18 bits per heavy atom. The molecule has 0 bridgehead atoms. The van der Waals surface area contributed by atoms with E-state index >= 15 is 0 Å². The van der Waals surface area contributed by atoms with Gasteiger partial charge in [-0.3, -0.25) is 10.1 Å². The maximum Gasteiger partial charge on any atom is 0.412 e. The molecule has 10 nitrogen and oxygen atoms in total. The van der Waals surface area contributed by atoms with E-state index in [1.807, 2.05) is 0 Å². The number of sulfonamides is 1. The average molecular weight is 497 g/mol. The molecule has 34 heavy (non-hydrogen) atoms. The zero-order chi connectivity index (χ0) is 25.3. The lowest BCUT2D eigenvalue weighted by molar-refractivity contribution is -0.120. The van der Waals surface area contributed by atoms with Crippen LogP contribution in [0.4, 0.5) is 20.6 Å². The van der Waals surface area contributed by atoms with Crippen LogP contribution in [0.5, 0.6) is 0 Å². The monoisotopic (exact) mass is 496 g/mol. The molecule has 2 amide bonds. The number of carbonyl (C=O) groups excluding carboxylic acids is 2. The van der Waals surface area contributed by atoms with Crippen LogP contribution < -0.4 is 10.6 Å². The van der Waals surface area contributed by atoms with Crippen molar-refractivity contribution < 1.29 is 31.7 Å². The van der Waals surface area contributed by atoms with E-state index in [9.17, 15) is 22.4 Å². The van der Waals surface area contributed by atoms with Gasteiger partial charge in [0.15, 0.2) is 5.76 Å². The van der Waals surface area contributed by atoms with Crippen LogP contribution in [0.15, 0.2) is 27.6 Å². The lowest BCUT2D eigenvalue weighted by atomic mass is 9.97. The van der Waals surface area contributed by atoms with E-state index in [1.54, 1.807) is 34.6 Å². The third-order valence-electron chi connectivity index (χ3n) is 5.26. The number of amides is 2. The van der Waals surface area contributed by atoms with Crippen molar-refractivity contribution in [3.8, 4) is 0 Å². The second-order valence-electron chi connectivity index (χ2n) is 9.14. The summed E-state index contributed by atoms with van der Waals surface area (Å²) in [7, 11) is -3.77. The van der Waals surface area contributed by atoms with Gasteiger partial charge in [-0.1, -0.05) is 5.16 Å². The first-order valence-corrected chi connectivity index (χ1v) is 12.3. The highest BCUT2D eigenvalue weighted by Gasteiger charge is 2.35. The number of rotatable bonds is 5. The van der Waals surface area contributed by atoms with Crippen LogP contribution in [-0.4, -0.2) is 48.6 Å². The van der Waals surface area contributed by atoms with E-state index in [0.717, 1.165) is 6.07 Å². The molecular formula is C22H29FN4O6S. The average Bonchev–Trinajstić information content (AvgIpc) is 3.08. The minimum absolute atomic E-state index is 0.0618. The summed E-state index contributed by atoms with van der Waals surface area (Å²) >= 11 is 0. The summed E-state index contributed by atoms with van der Waals surface area (Å²) in [6, 6.07) is 3.81. The fourth-order valence-electron chi connectivity index (χ4n) is 3.69. The van der Waals surface area contributed by atoms with Crippen LogP contribution in [0.2, 0.25) is 0 Å². The highest BCUT2D eigenvalue weighted by Crippen LogP contribution is 2.29. The molecule has 2 N–H and O–H groups in total. The van der Waals surface area contributed by atoms with Crippen molar-refractivity contribution in [1.82, 2.24) is 9.46 Å². The molecule has 0 unspecified atom stereocenters. The van der Waals surface area contributed by atoms with E-state index in [-0.39, 0.29) is 35.3 Å². The van der Waals surface area contributed by atoms with Crippen LogP contribution in [0, 0.1) is 25.6 Å². The molecule has 12 heteroatoms. The molecule has 1 saturated heterocycles. The van der Waals surface area contributed by atoms with E-state index in [4.69, 9.17) is 9.26 Å². The van der Waals surface area contributed by atoms with Crippen molar-refractivity contribution in [1.29, 1.82) is 0 Å². The summed E-state index contributed by atoms with van der Waals surface area (Å²) in [5.74, 6) is -1.20. The van der Waals surface area contributed by atoms with Crippen molar-refractivity contribution >= 4 is 33.4 Å². The maximum absolute atomic E-state index is 14.1. The molecule has 0 radical (unpaired) electrons. The van der Waals surface area contributed by atoms with E-state index in [1.165, 1.54) is 16.4 Å². The Morgan fingerprint density at radius 2 is 1.82 bits per heavy atom. The summed E-state index contributed by atoms with van der Waals surface area (Å²) in [6.45, 7) is 8.50. The third-order valence-corrected chi connectivity index (χ3v) is 7.40. The number of anilines is 2. The van der Waals surface area contributed by atoms with Crippen molar-refractivity contribution in [3.05, 3.63) is 35.5 Å². The van der Waals surface area contributed by atoms with Gasteiger partial charge in [-0.05, 0) is 65.7 Å². The van der Waals surface area contributed by atoms with Crippen LogP contribution in [0.1, 0.15) is 45.1 Å². The second kappa shape index (κ2) is 9.71. The Kier molecular flexibility index (Phi) is 7.32. The number of aromatic nitrogens is 1. The maximum atomic E-state index is 14.1. The van der Waals surface area contributed by atoms with Gasteiger partial charge in [-0.25, -0.2) is 17.6 Å². The first-order chi connectivity index (χ1) is 15.8. The summed E-state index contributed by atoms with van der Waals surface area (Å²) in [5, 5.41) is 8.75. The Morgan fingerprint density at radius 3 is 2.38 bits per heavy atom. The predicted octanol–water partition coefficient (Wildman–Crippen LogP) is 3.82. The summed E-state index contributed by atoms with van der Waals surface area (Å²) < 4.78 is 51.5. The van der Waals surface area contributed by atoms with E-state index < -0.39 is 33.5 Å². The number of nitrogens with one attached hydrogen (secondary N) is 2. The van der Waals surface area contributed by atoms with Gasteiger partial charge < -0.3 is 14.6 Å². The van der Waals surface area contributed by atoms with Gasteiger partial charge in [0.25, 0.3) is 0 Å². The van der Waals surface area contributed by atoms with Gasteiger partial charge >= 0.3 is 6.09 Å². The molecule has 1 aliphatic heterocycles. The van der Waals surface area contributed by atoms with Gasteiger partial charge in [-0.2, -0.15) is 4.31 Å². The summed E-state index contributed by atoms with van der Waals surface area (Å²) in [6.07, 6.45) is -0.182. The molecule has 2 heterocycles. The van der Waals surface area contributed by atoms with Gasteiger partial charge in [0.1, 0.15) is 22.0 Å². The Balaban J connectivity index is 1.62. The lowest BCUT2D eigenvalue weighted by Crippen LogP contribution is -2.41. The van der Waals surface area contributed by atoms with Gasteiger partial charge in [0.2, 0.25) is 15.9 Å². The molecule has 0 aliphatic carbocycles. The summed E-state index contributed by atoms with van der Waals surface area (Å²) in [4.78, 5) is 24.8. The molecular weight excluding hydrogens is 467 g/mol. The third kappa shape index (κ3) is 5.92. The van der Waals surface area contributed by atoms with Crippen LogP contribution >= 0.6 is 0 Å². The largest absolute Gasteiger partial charge is 0.444 e. The molecule has 2 aromatic rings. The number of ether oxygens (including phenoxy) is 1. The van der Waals surface area contributed by atoms with Crippen molar-refractivity contribution in [3.63, 3.8) is 0 Å². The molecule has 1 aromatic carbocycles. The quantitative estimate of drug-likeness (QED) is 0.643. The lowest BCUT2D eigenvalue weighted by Gasteiger charge is -2.30. The number of benzene rings is 1. The van der Waals surface area contributed by atoms with E-state index in [0.29, 0.717) is 24.2 Å². The molecule has 1 aromatic heterocycles. The van der Waals surface area contributed by atoms with Gasteiger partial charge in [0.05, 0.1) is 5.69 Å². The standard InChI is InChI=1S/C22H29FN4O6S/c1-13-19(14(2)33-26-13)34(30,31)27-10-8-15(9-11-27)20(28)24-16-6-7-17(23)18(12-16)25-21(29)32-22(3,4)5/h6-7,12,15H,8-11H2,1-5H3,(H,24,28)(H,25,29). The Labute approximate surface area is 197 Å². The molecule has 1 fully saturated rings. The van der Waals surface area contributed by atoms with Gasteiger partial charge in [-0.15, -0.1) is 0 Å². The Hall–Kier alpha value is -2.99. The predicted molar refractivity (Wildman–Crippen MR) is 122 cm³/mol. The molecule has 186 valence electrons. The Bertz CT molecular complexity index is 1160. The normalized spacial score (nSPS) is 15.7. The zero-order valence-electron chi connectivity index (χ0n) is 19.8. The van der Waals surface area contributed by atoms with Crippen LogP contribution in [0.3, 0.4) is 0 Å². The summed E-state index contributed by atoms with van der Waals surface area (Å²) in [5.41, 5.74) is -0.291. The fourth-order valence-corrected chi connectivity index (χ4v) is 5.45. The minimum atomic E-state index is -3.77. The molecule has 0 atom stereocenters. The topological polar surface area (TPSA) is 131 Å². The van der Waals surface area contributed by atoms with Crippen molar-refractivity contribution in [2.75, 3.05) is 23.7 Å². The fraction of sp³-hybridized carbons (Fsp3) is 0.500. The number of aryl methyl sites for hydroxylation is 2. The number of halogens is 1. The smallest absolute Gasteiger partial charge is 0.412 e. The van der Waals surface area contributed by atoms with Crippen LogP contribution in [-0.2, 0) is 19.6 Å². The van der Waals surface area contributed by atoms with Crippen molar-refractivity contribution in [2.45, 2.75) is 58.0 Å². The van der Waals surface area contributed by atoms with E-state index in [2.05, 4.69) is 15.8 Å². The number of hydrogen-bond donors (Lipinski definition) is 2. The minimum Gasteiger partial charge on any atom is -0.444 e. The molecule has 0 spiro atoms. The molecule has 3 rings (SSSR count). The number of hydrogen-bond acceptors (Lipinski definition) is 7. The number of piperidine rings is 1. The number of nitrogens with zero attached hydrogens (tertiary/aromatic N) is 2. The molecule has 0 saturated carbocycles. The number of carbonyl (C=O) groups is 2. The van der Waals surface area contributed by atoms with Crippen molar-refractivity contribution in [2.24, 2.45) is 5.92 Å². The first-order valence-electron chi connectivity index (χ1n) is 10.8. The second-order valence-corrected chi connectivity index (χ2v) is 11.0. The highest BCUT2D eigenvalue weighted by molar-refractivity contribution is 7.89. The highest BCUT2D eigenvalue weighted by atomic mass is 32.2. The zero-order valence-corrected chi connectivity index (χ0v) is 20.6. The van der Waals surface area contributed by atoms with Crippen LogP contribution in [0.25, 0.3) is 0 Å². The first kappa shape index (κ1) is 25.6. The molecule has 1 aliphatic rings.